The first-order valence-corrected chi connectivity index (χ1v) is 5.57. The second-order valence-electron chi connectivity index (χ2n) is 3.89. The number of hydrogen-bond acceptors (Lipinski definition) is 2. The van der Waals surface area contributed by atoms with Gasteiger partial charge in [0, 0.05) is 6.20 Å². The van der Waals surface area contributed by atoms with E-state index in [1.54, 1.807) is 0 Å². The second-order valence-corrected chi connectivity index (χ2v) is 3.89. The minimum Gasteiger partial charge on any atom is -0.295 e. The Morgan fingerprint density at radius 3 is 3.07 bits per heavy atom. The fourth-order valence-corrected chi connectivity index (χ4v) is 2.28. The van der Waals surface area contributed by atoms with E-state index in [0.29, 0.717) is 6.04 Å². The Labute approximate surface area is 86.0 Å². The standard InChI is InChI=1S/C12H18N2/c1-2-14-10-6-4-8-12(14)11-7-3-5-9-13-11/h3,5,7,9,12H,2,4,6,8,10H2,1H3. The molecule has 1 aliphatic heterocycles. The predicted octanol–water partition coefficient (Wildman–Crippen LogP) is 2.63. The third-order valence-electron chi connectivity index (χ3n) is 3.05. The molecule has 1 saturated heterocycles. The number of piperidine rings is 1. The maximum Gasteiger partial charge on any atom is 0.0575 e. The summed E-state index contributed by atoms with van der Waals surface area (Å²) in [6, 6.07) is 6.79. The molecule has 1 aliphatic rings. The van der Waals surface area contributed by atoms with Crippen molar-refractivity contribution in [2.75, 3.05) is 13.1 Å². The van der Waals surface area contributed by atoms with Gasteiger partial charge < -0.3 is 0 Å². The summed E-state index contributed by atoms with van der Waals surface area (Å²) in [4.78, 5) is 6.99. The molecule has 1 aromatic heterocycles. The maximum atomic E-state index is 4.46. The van der Waals surface area contributed by atoms with E-state index in [1.165, 1.54) is 31.5 Å². The minimum atomic E-state index is 0.565. The van der Waals surface area contributed by atoms with Crippen LogP contribution in [0.15, 0.2) is 24.4 Å². The van der Waals surface area contributed by atoms with Gasteiger partial charge in [-0.3, -0.25) is 9.88 Å². The van der Waals surface area contributed by atoms with Crippen molar-refractivity contribution in [2.24, 2.45) is 0 Å². The first-order valence-electron chi connectivity index (χ1n) is 5.57. The van der Waals surface area contributed by atoms with Crippen molar-refractivity contribution < 1.29 is 0 Å². The molecular formula is C12H18N2. The van der Waals surface area contributed by atoms with Crippen LogP contribution in [0.1, 0.15) is 37.9 Å². The number of nitrogens with zero attached hydrogens (tertiary/aromatic N) is 2. The molecule has 76 valence electrons. The average molecular weight is 190 g/mol. The number of aromatic nitrogens is 1. The van der Waals surface area contributed by atoms with E-state index in [2.05, 4.69) is 28.9 Å². The highest BCUT2D eigenvalue weighted by molar-refractivity contribution is 5.09. The van der Waals surface area contributed by atoms with Crippen molar-refractivity contribution in [3.05, 3.63) is 30.1 Å². The minimum absolute atomic E-state index is 0.565. The highest BCUT2D eigenvalue weighted by Crippen LogP contribution is 2.28. The highest BCUT2D eigenvalue weighted by atomic mass is 15.2. The molecule has 1 unspecified atom stereocenters. The Balaban J connectivity index is 2.15. The Hall–Kier alpha value is -0.890. The van der Waals surface area contributed by atoms with E-state index >= 15 is 0 Å². The zero-order chi connectivity index (χ0) is 9.80. The summed E-state index contributed by atoms with van der Waals surface area (Å²) in [6.07, 6.45) is 5.86. The van der Waals surface area contributed by atoms with E-state index in [1.807, 2.05) is 12.3 Å². The van der Waals surface area contributed by atoms with Crippen LogP contribution in [0.2, 0.25) is 0 Å². The highest BCUT2D eigenvalue weighted by Gasteiger charge is 2.22. The van der Waals surface area contributed by atoms with Gasteiger partial charge in [0.15, 0.2) is 0 Å². The molecule has 14 heavy (non-hydrogen) atoms. The zero-order valence-electron chi connectivity index (χ0n) is 8.82. The quantitative estimate of drug-likeness (QED) is 0.712. The molecule has 1 aromatic rings. The molecule has 0 radical (unpaired) electrons. The fourth-order valence-electron chi connectivity index (χ4n) is 2.28. The Morgan fingerprint density at radius 1 is 1.43 bits per heavy atom. The molecule has 0 aliphatic carbocycles. The summed E-state index contributed by atoms with van der Waals surface area (Å²) in [7, 11) is 0. The van der Waals surface area contributed by atoms with E-state index < -0.39 is 0 Å². The van der Waals surface area contributed by atoms with Gasteiger partial charge in [0.05, 0.1) is 11.7 Å². The van der Waals surface area contributed by atoms with Crippen LogP contribution in [0.25, 0.3) is 0 Å². The Kier molecular flexibility index (Phi) is 3.14. The van der Waals surface area contributed by atoms with Crippen LogP contribution in [-0.2, 0) is 0 Å². The largest absolute Gasteiger partial charge is 0.295 e. The van der Waals surface area contributed by atoms with Gasteiger partial charge in [0.2, 0.25) is 0 Å². The number of hydrogen-bond donors (Lipinski definition) is 0. The molecule has 2 heteroatoms. The van der Waals surface area contributed by atoms with E-state index in [-0.39, 0.29) is 0 Å². The van der Waals surface area contributed by atoms with Crippen LogP contribution in [-0.4, -0.2) is 23.0 Å². The van der Waals surface area contributed by atoms with E-state index in [4.69, 9.17) is 0 Å². The lowest BCUT2D eigenvalue weighted by Crippen LogP contribution is -2.33. The van der Waals surface area contributed by atoms with Crippen molar-refractivity contribution in [1.29, 1.82) is 0 Å². The maximum absolute atomic E-state index is 4.46. The fraction of sp³-hybridized carbons (Fsp3) is 0.583. The zero-order valence-corrected chi connectivity index (χ0v) is 8.82. The van der Waals surface area contributed by atoms with Crippen molar-refractivity contribution in [1.82, 2.24) is 9.88 Å². The summed E-state index contributed by atoms with van der Waals surface area (Å²) in [6.45, 7) is 4.61. The Bertz CT molecular complexity index is 271. The van der Waals surface area contributed by atoms with Crippen molar-refractivity contribution in [2.45, 2.75) is 32.2 Å². The van der Waals surface area contributed by atoms with E-state index in [9.17, 15) is 0 Å². The monoisotopic (exact) mass is 190 g/mol. The first kappa shape index (κ1) is 9.66. The number of pyridine rings is 1. The van der Waals surface area contributed by atoms with E-state index in [0.717, 1.165) is 6.54 Å². The summed E-state index contributed by atoms with van der Waals surface area (Å²) in [5.41, 5.74) is 1.24. The van der Waals surface area contributed by atoms with Crippen LogP contribution in [0.3, 0.4) is 0 Å². The molecule has 0 saturated carbocycles. The predicted molar refractivity (Wildman–Crippen MR) is 58.1 cm³/mol. The molecule has 0 bridgehead atoms. The van der Waals surface area contributed by atoms with Gasteiger partial charge >= 0.3 is 0 Å². The van der Waals surface area contributed by atoms with Crippen molar-refractivity contribution in [3.8, 4) is 0 Å². The number of rotatable bonds is 2. The molecule has 0 amide bonds. The molecule has 2 rings (SSSR count). The van der Waals surface area contributed by atoms with Gasteiger partial charge in [-0.1, -0.05) is 19.4 Å². The van der Waals surface area contributed by atoms with Gasteiger partial charge in [-0.25, -0.2) is 0 Å². The Morgan fingerprint density at radius 2 is 2.36 bits per heavy atom. The van der Waals surface area contributed by atoms with Crippen LogP contribution < -0.4 is 0 Å². The third-order valence-corrected chi connectivity index (χ3v) is 3.05. The molecule has 0 N–H and O–H groups in total. The second kappa shape index (κ2) is 4.56. The van der Waals surface area contributed by atoms with Crippen LogP contribution in [0.5, 0.6) is 0 Å². The van der Waals surface area contributed by atoms with Crippen LogP contribution in [0.4, 0.5) is 0 Å². The molecule has 2 nitrogen and oxygen atoms in total. The van der Waals surface area contributed by atoms with Gasteiger partial charge in [-0.2, -0.15) is 0 Å². The first-order chi connectivity index (χ1) is 6.92. The van der Waals surface area contributed by atoms with Gasteiger partial charge in [0.25, 0.3) is 0 Å². The molecule has 2 heterocycles. The topological polar surface area (TPSA) is 16.1 Å². The normalized spacial score (nSPS) is 23.6. The lowest BCUT2D eigenvalue weighted by Gasteiger charge is -2.34. The summed E-state index contributed by atoms with van der Waals surface area (Å²) < 4.78 is 0. The van der Waals surface area contributed by atoms with Crippen molar-refractivity contribution in [3.63, 3.8) is 0 Å². The summed E-state index contributed by atoms with van der Waals surface area (Å²) in [5, 5.41) is 0. The molecule has 0 aromatic carbocycles. The molecule has 1 atom stereocenters. The van der Waals surface area contributed by atoms with Crippen LogP contribution >= 0.6 is 0 Å². The average Bonchev–Trinajstić information content (AvgIpc) is 2.30. The summed E-state index contributed by atoms with van der Waals surface area (Å²) >= 11 is 0. The lowest BCUT2D eigenvalue weighted by atomic mass is 9.99. The number of likely N-dealkylation sites (tertiary alicyclic amines) is 1. The SMILES string of the molecule is CCN1CCCCC1c1ccccn1. The van der Waals surface area contributed by atoms with Crippen LogP contribution in [0, 0.1) is 0 Å². The van der Waals surface area contributed by atoms with Gasteiger partial charge in [-0.05, 0) is 38.1 Å². The molecule has 0 spiro atoms. The lowest BCUT2D eigenvalue weighted by molar-refractivity contribution is 0.154. The molecular weight excluding hydrogens is 172 g/mol. The van der Waals surface area contributed by atoms with Gasteiger partial charge in [0.1, 0.15) is 0 Å². The van der Waals surface area contributed by atoms with Gasteiger partial charge in [-0.15, -0.1) is 0 Å². The smallest absolute Gasteiger partial charge is 0.0575 e. The van der Waals surface area contributed by atoms with Crippen molar-refractivity contribution >= 4 is 0 Å². The summed E-state index contributed by atoms with van der Waals surface area (Å²) in [5.74, 6) is 0. The molecule has 1 fully saturated rings. The third kappa shape index (κ3) is 1.95.